The Hall–Kier alpha value is -2.77. The van der Waals surface area contributed by atoms with Crippen molar-refractivity contribution in [3.05, 3.63) is 28.4 Å². The number of carbonyl (C=O) groups is 4. The number of aromatic nitrogens is 2. The lowest BCUT2D eigenvalue weighted by Gasteiger charge is -2.24. The van der Waals surface area contributed by atoms with E-state index in [-0.39, 0.29) is 48.4 Å². The van der Waals surface area contributed by atoms with Gasteiger partial charge in [0.1, 0.15) is 17.2 Å². The Kier molecular flexibility index (Phi) is 5.67. The molecule has 1 aliphatic carbocycles. The summed E-state index contributed by atoms with van der Waals surface area (Å²) in [5.41, 5.74) is -0.739. The average molecular weight is 376 g/mol. The van der Waals surface area contributed by atoms with Crippen molar-refractivity contribution in [2.24, 2.45) is 12.5 Å². The van der Waals surface area contributed by atoms with Gasteiger partial charge in [0.15, 0.2) is 5.41 Å². The highest BCUT2D eigenvalue weighted by molar-refractivity contribution is 6.25. The summed E-state index contributed by atoms with van der Waals surface area (Å²) in [5, 5.41) is 0. The number of hydrogen-bond acceptors (Lipinski definition) is 7. The second-order valence-electron chi connectivity index (χ2n) is 6.64. The highest BCUT2D eigenvalue weighted by Gasteiger charge is 2.46. The molecule has 0 saturated heterocycles. The zero-order chi connectivity index (χ0) is 20.5. The summed E-state index contributed by atoms with van der Waals surface area (Å²) in [4.78, 5) is 54.3. The largest absolute Gasteiger partial charge is 0.465 e. The summed E-state index contributed by atoms with van der Waals surface area (Å²) in [5.74, 6) is -1.86. The second-order valence-corrected chi connectivity index (χ2v) is 6.64. The molecule has 0 saturated carbocycles. The molecule has 0 spiro atoms. The number of rotatable bonds is 6. The third-order valence-electron chi connectivity index (χ3n) is 4.83. The van der Waals surface area contributed by atoms with Crippen LogP contribution in [0.4, 0.5) is 0 Å². The fourth-order valence-corrected chi connectivity index (χ4v) is 2.94. The highest BCUT2D eigenvalue weighted by Crippen LogP contribution is 2.30. The Morgan fingerprint density at radius 1 is 1.00 bits per heavy atom. The van der Waals surface area contributed by atoms with Crippen molar-refractivity contribution in [1.29, 1.82) is 0 Å². The van der Waals surface area contributed by atoms with Gasteiger partial charge in [0.2, 0.25) is 11.6 Å². The Labute approximate surface area is 157 Å². The quantitative estimate of drug-likeness (QED) is 0.551. The molecule has 1 aromatic rings. The van der Waals surface area contributed by atoms with Gasteiger partial charge in [0.05, 0.1) is 13.2 Å². The maximum Gasteiger partial charge on any atom is 0.323 e. The molecule has 0 amide bonds. The molecule has 0 aromatic carbocycles. The van der Waals surface area contributed by atoms with Crippen LogP contribution < -0.4 is 0 Å². The molecule has 8 heteroatoms. The lowest BCUT2D eigenvalue weighted by Crippen LogP contribution is -2.42. The van der Waals surface area contributed by atoms with Crippen LogP contribution in [-0.2, 0) is 32.5 Å². The number of carbonyl (C=O) groups excluding carboxylic acids is 4. The summed E-state index contributed by atoms with van der Waals surface area (Å²) < 4.78 is 11.6. The number of ketones is 2. The minimum Gasteiger partial charge on any atom is -0.465 e. The third kappa shape index (κ3) is 3.31. The van der Waals surface area contributed by atoms with Crippen LogP contribution in [-0.4, -0.2) is 46.3 Å². The minimum absolute atomic E-state index is 0.0377. The molecule has 0 radical (unpaired) electrons. The summed E-state index contributed by atoms with van der Waals surface area (Å²) >= 11 is 0. The molecule has 0 N–H and O–H groups in total. The molecule has 1 aliphatic rings. The zero-order valence-corrected chi connectivity index (χ0v) is 16.5. The van der Waals surface area contributed by atoms with Gasteiger partial charge in [-0.05, 0) is 34.6 Å². The summed E-state index contributed by atoms with van der Waals surface area (Å²) in [7, 11) is 1.58. The van der Waals surface area contributed by atoms with Gasteiger partial charge in [-0.3, -0.25) is 19.2 Å². The first-order valence-electron chi connectivity index (χ1n) is 8.77. The lowest BCUT2D eigenvalue weighted by molar-refractivity contribution is -0.170. The number of ether oxygens (including phenoxy) is 2. The number of hydrogen-bond donors (Lipinski definition) is 0. The van der Waals surface area contributed by atoms with Crippen LogP contribution >= 0.6 is 0 Å². The van der Waals surface area contributed by atoms with Gasteiger partial charge in [-0.2, -0.15) is 0 Å². The lowest BCUT2D eigenvalue weighted by atomic mass is 9.86. The Morgan fingerprint density at radius 3 is 1.96 bits per heavy atom. The number of esters is 2. The van der Waals surface area contributed by atoms with Crippen LogP contribution in [0.1, 0.15) is 61.4 Å². The smallest absolute Gasteiger partial charge is 0.323 e. The predicted octanol–water partition coefficient (Wildman–Crippen LogP) is 1.81. The first kappa shape index (κ1) is 20.5. The summed E-state index contributed by atoms with van der Waals surface area (Å²) in [6, 6.07) is 0. The van der Waals surface area contributed by atoms with Gasteiger partial charge in [-0.25, -0.2) is 4.98 Å². The molecule has 8 nitrogen and oxygen atoms in total. The van der Waals surface area contributed by atoms with Crippen molar-refractivity contribution in [2.45, 2.75) is 41.0 Å². The number of fused-ring (bicyclic) bond motifs is 1. The van der Waals surface area contributed by atoms with Gasteiger partial charge in [-0.15, -0.1) is 0 Å². The van der Waals surface area contributed by atoms with E-state index in [1.165, 1.54) is 11.5 Å². The number of nitrogens with zero attached hydrogens (tertiary/aromatic N) is 2. The number of imidazole rings is 1. The van der Waals surface area contributed by atoms with Gasteiger partial charge < -0.3 is 14.0 Å². The fourth-order valence-electron chi connectivity index (χ4n) is 2.94. The summed E-state index contributed by atoms with van der Waals surface area (Å²) in [6.07, 6.45) is -0.160. The Bertz CT molecular complexity index is 844. The standard InChI is InChI=1S/C19H24N2O6/c1-7-26-17(24)19(5,18(25)27-8-2)9-12-20-13-14(21(12)6)16(23)11(4)10(3)15(13)22/h7-9H2,1-6H3. The van der Waals surface area contributed by atoms with Crippen molar-refractivity contribution >= 4 is 23.5 Å². The monoisotopic (exact) mass is 376 g/mol. The number of allylic oxidation sites excluding steroid dienone is 2. The normalized spacial score (nSPS) is 14.3. The van der Waals surface area contributed by atoms with Gasteiger partial charge in [0, 0.05) is 24.6 Å². The number of Topliss-reactive ketones (excluding diaryl/α,β-unsaturated/α-hetero) is 2. The van der Waals surface area contributed by atoms with E-state index in [2.05, 4.69) is 4.98 Å². The van der Waals surface area contributed by atoms with Gasteiger partial charge in [0.25, 0.3) is 0 Å². The fraction of sp³-hybridized carbons (Fsp3) is 0.526. The van der Waals surface area contributed by atoms with Crippen LogP contribution in [0.2, 0.25) is 0 Å². The topological polar surface area (TPSA) is 105 Å². The average Bonchev–Trinajstić information content (AvgIpc) is 2.94. The van der Waals surface area contributed by atoms with Crippen LogP contribution in [0, 0.1) is 5.41 Å². The van der Waals surface area contributed by atoms with E-state index in [9.17, 15) is 19.2 Å². The van der Waals surface area contributed by atoms with E-state index in [1.54, 1.807) is 34.7 Å². The first-order valence-corrected chi connectivity index (χ1v) is 8.77. The van der Waals surface area contributed by atoms with Gasteiger partial charge >= 0.3 is 11.9 Å². The van der Waals surface area contributed by atoms with Crippen molar-refractivity contribution in [1.82, 2.24) is 9.55 Å². The third-order valence-corrected chi connectivity index (χ3v) is 4.83. The highest BCUT2D eigenvalue weighted by atomic mass is 16.6. The SMILES string of the molecule is CCOC(=O)C(C)(Cc1nc2c(n1C)C(=O)C(C)=C(C)C2=O)C(=O)OCC. The van der Waals surface area contributed by atoms with Crippen LogP contribution in [0.15, 0.2) is 11.1 Å². The van der Waals surface area contributed by atoms with E-state index in [1.807, 2.05) is 0 Å². The molecule has 2 rings (SSSR count). The molecular formula is C19H24N2O6. The van der Waals surface area contributed by atoms with Crippen molar-refractivity contribution in [3.8, 4) is 0 Å². The molecule has 1 heterocycles. The van der Waals surface area contributed by atoms with E-state index >= 15 is 0 Å². The molecule has 0 unspecified atom stereocenters. The second kappa shape index (κ2) is 7.46. The van der Waals surface area contributed by atoms with Crippen LogP contribution in [0.3, 0.4) is 0 Å². The molecule has 27 heavy (non-hydrogen) atoms. The first-order chi connectivity index (χ1) is 12.6. The van der Waals surface area contributed by atoms with E-state index in [0.717, 1.165) is 0 Å². The van der Waals surface area contributed by atoms with Crippen LogP contribution in [0.5, 0.6) is 0 Å². The van der Waals surface area contributed by atoms with Crippen molar-refractivity contribution in [3.63, 3.8) is 0 Å². The Morgan fingerprint density at radius 2 is 1.48 bits per heavy atom. The molecule has 0 bridgehead atoms. The molecule has 146 valence electrons. The maximum atomic E-state index is 12.6. The molecule has 0 atom stereocenters. The minimum atomic E-state index is -1.64. The van der Waals surface area contributed by atoms with E-state index < -0.39 is 17.4 Å². The molecular weight excluding hydrogens is 352 g/mol. The zero-order valence-electron chi connectivity index (χ0n) is 16.5. The predicted molar refractivity (Wildman–Crippen MR) is 95.3 cm³/mol. The Balaban J connectivity index is 2.52. The molecule has 0 fully saturated rings. The van der Waals surface area contributed by atoms with E-state index in [0.29, 0.717) is 11.1 Å². The summed E-state index contributed by atoms with van der Waals surface area (Å²) in [6.45, 7) is 8.05. The van der Waals surface area contributed by atoms with Crippen molar-refractivity contribution in [2.75, 3.05) is 13.2 Å². The van der Waals surface area contributed by atoms with Gasteiger partial charge in [-0.1, -0.05) is 0 Å². The van der Waals surface area contributed by atoms with Crippen molar-refractivity contribution < 1.29 is 28.7 Å². The van der Waals surface area contributed by atoms with Crippen LogP contribution in [0.25, 0.3) is 0 Å². The van der Waals surface area contributed by atoms with E-state index in [4.69, 9.17) is 9.47 Å². The maximum absolute atomic E-state index is 12.6. The molecule has 1 aromatic heterocycles. The molecule has 0 aliphatic heterocycles.